The number of imide groups is 2. The molecule has 0 aromatic heterocycles. The van der Waals surface area contributed by atoms with Crippen LogP contribution in [0.3, 0.4) is 0 Å². The molecule has 8 heteroatoms. The number of nitrogens with one attached hydrogen (secondary N) is 3. The van der Waals surface area contributed by atoms with E-state index in [4.69, 9.17) is 0 Å². The van der Waals surface area contributed by atoms with Crippen LogP contribution in [0.2, 0.25) is 0 Å². The Balaban J connectivity index is 1.35. The first-order valence-electron chi connectivity index (χ1n) is 10.9. The number of hydrogen-bond acceptors (Lipinski definition) is 6. The van der Waals surface area contributed by atoms with Crippen molar-refractivity contribution in [2.45, 2.75) is 43.9 Å². The van der Waals surface area contributed by atoms with Crippen LogP contribution in [-0.4, -0.2) is 47.2 Å². The summed E-state index contributed by atoms with van der Waals surface area (Å²) in [6.45, 7) is 1.33. The maximum absolute atomic E-state index is 13.2. The maximum atomic E-state index is 13.2. The summed E-state index contributed by atoms with van der Waals surface area (Å²) in [6.07, 6.45) is 1.20. The molecule has 3 aliphatic heterocycles. The number of carbonyl (C=O) groups excluding carboxylic acids is 4. The van der Waals surface area contributed by atoms with Crippen molar-refractivity contribution in [2.75, 3.05) is 6.54 Å². The molecule has 3 atom stereocenters. The molecule has 2 aromatic rings. The molecule has 3 heterocycles. The summed E-state index contributed by atoms with van der Waals surface area (Å²) in [5, 5.41) is 9.30. The first-order chi connectivity index (χ1) is 15.5. The average molecular weight is 432 g/mol. The molecule has 2 aromatic carbocycles. The van der Waals surface area contributed by atoms with Crippen molar-refractivity contribution in [3.05, 3.63) is 70.8 Å². The van der Waals surface area contributed by atoms with Crippen LogP contribution in [0.4, 0.5) is 0 Å². The van der Waals surface area contributed by atoms with Crippen molar-refractivity contribution in [3.63, 3.8) is 0 Å². The Kier molecular flexibility index (Phi) is 5.32. The molecule has 32 heavy (non-hydrogen) atoms. The van der Waals surface area contributed by atoms with E-state index in [-0.39, 0.29) is 30.8 Å². The fourth-order valence-electron chi connectivity index (χ4n) is 4.91. The Labute approximate surface area is 185 Å². The number of piperidine rings is 1. The summed E-state index contributed by atoms with van der Waals surface area (Å²) in [5.74, 6) is -1.93. The lowest BCUT2D eigenvalue weighted by Gasteiger charge is -2.28. The van der Waals surface area contributed by atoms with Crippen LogP contribution in [0.1, 0.15) is 57.1 Å². The normalized spacial score (nSPS) is 25.2. The molecule has 3 aliphatic rings. The summed E-state index contributed by atoms with van der Waals surface area (Å²) in [6, 6.07) is 14.8. The van der Waals surface area contributed by atoms with Gasteiger partial charge in [-0.15, -0.1) is 0 Å². The molecule has 0 spiro atoms. The largest absolute Gasteiger partial charge is 0.309 e. The molecule has 164 valence electrons. The SMILES string of the molecule is O=C1CCC(N2C(=O)c3cccc(CNC4CCNC4c4ccccc4)c3C2=O)C(=O)N1. The molecule has 4 amide bonds. The quantitative estimate of drug-likeness (QED) is 0.615. The standard InChI is InChI=1S/C24H24N4O4/c29-19-10-9-18(22(30)27-19)28-23(31)16-8-4-7-15(20(16)24(28)32)13-26-17-11-12-25-21(17)14-5-2-1-3-6-14/h1-8,17-18,21,25-26H,9-13H2,(H,27,29,30). The number of carbonyl (C=O) groups is 4. The number of benzene rings is 2. The third-order valence-corrected chi connectivity index (χ3v) is 6.49. The fourth-order valence-corrected chi connectivity index (χ4v) is 4.91. The Bertz CT molecular complexity index is 1100. The van der Waals surface area contributed by atoms with Crippen LogP contribution < -0.4 is 16.0 Å². The number of amides is 4. The predicted molar refractivity (Wildman–Crippen MR) is 116 cm³/mol. The van der Waals surface area contributed by atoms with Gasteiger partial charge < -0.3 is 10.6 Å². The van der Waals surface area contributed by atoms with Gasteiger partial charge in [0, 0.05) is 25.0 Å². The third kappa shape index (κ3) is 3.51. The summed E-state index contributed by atoms with van der Waals surface area (Å²) >= 11 is 0. The van der Waals surface area contributed by atoms with Crippen LogP contribution in [0.25, 0.3) is 0 Å². The molecule has 0 saturated carbocycles. The lowest BCUT2D eigenvalue weighted by molar-refractivity contribution is -0.136. The Morgan fingerprint density at radius 2 is 1.75 bits per heavy atom. The Hall–Kier alpha value is -3.36. The number of fused-ring (bicyclic) bond motifs is 1. The van der Waals surface area contributed by atoms with Gasteiger partial charge in [0.15, 0.2) is 0 Å². The molecule has 3 unspecified atom stereocenters. The van der Waals surface area contributed by atoms with Gasteiger partial charge in [-0.3, -0.25) is 29.4 Å². The number of rotatable bonds is 5. The van der Waals surface area contributed by atoms with E-state index in [0.717, 1.165) is 23.4 Å². The lowest BCUT2D eigenvalue weighted by Crippen LogP contribution is -2.54. The molecule has 2 fully saturated rings. The van der Waals surface area contributed by atoms with E-state index in [2.05, 4.69) is 28.1 Å². The van der Waals surface area contributed by atoms with Crippen LogP contribution in [0, 0.1) is 0 Å². The zero-order valence-electron chi connectivity index (χ0n) is 17.5. The van der Waals surface area contributed by atoms with Gasteiger partial charge in [-0.2, -0.15) is 0 Å². The summed E-state index contributed by atoms with van der Waals surface area (Å²) < 4.78 is 0. The van der Waals surface area contributed by atoms with Crippen molar-refractivity contribution in [2.24, 2.45) is 0 Å². The van der Waals surface area contributed by atoms with E-state index in [9.17, 15) is 19.2 Å². The average Bonchev–Trinajstić information content (AvgIpc) is 3.37. The zero-order chi connectivity index (χ0) is 22.2. The third-order valence-electron chi connectivity index (χ3n) is 6.49. The van der Waals surface area contributed by atoms with Gasteiger partial charge >= 0.3 is 0 Å². The molecule has 0 aliphatic carbocycles. The molecule has 8 nitrogen and oxygen atoms in total. The van der Waals surface area contributed by atoms with Crippen LogP contribution in [0.5, 0.6) is 0 Å². The van der Waals surface area contributed by atoms with E-state index in [1.165, 1.54) is 5.56 Å². The molecular weight excluding hydrogens is 408 g/mol. The lowest BCUT2D eigenvalue weighted by atomic mass is 9.99. The van der Waals surface area contributed by atoms with Crippen LogP contribution in [-0.2, 0) is 16.1 Å². The van der Waals surface area contributed by atoms with E-state index in [0.29, 0.717) is 17.7 Å². The monoisotopic (exact) mass is 432 g/mol. The highest BCUT2D eigenvalue weighted by Gasteiger charge is 2.45. The van der Waals surface area contributed by atoms with Crippen molar-refractivity contribution in [1.82, 2.24) is 20.9 Å². The van der Waals surface area contributed by atoms with Gasteiger partial charge in [0.05, 0.1) is 11.1 Å². The fraction of sp³-hybridized carbons (Fsp3) is 0.333. The van der Waals surface area contributed by atoms with E-state index in [1.807, 2.05) is 24.3 Å². The van der Waals surface area contributed by atoms with E-state index >= 15 is 0 Å². The van der Waals surface area contributed by atoms with Gasteiger partial charge in [0.25, 0.3) is 11.8 Å². The molecule has 3 N–H and O–H groups in total. The van der Waals surface area contributed by atoms with Crippen molar-refractivity contribution in [3.8, 4) is 0 Å². The van der Waals surface area contributed by atoms with Gasteiger partial charge in [0.2, 0.25) is 11.8 Å². The predicted octanol–water partition coefficient (Wildman–Crippen LogP) is 1.28. The minimum atomic E-state index is -0.956. The van der Waals surface area contributed by atoms with E-state index < -0.39 is 23.8 Å². The first-order valence-corrected chi connectivity index (χ1v) is 10.9. The molecule has 0 radical (unpaired) electrons. The molecule has 5 rings (SSSR count). The van der Waals surface area contributed by atoms with Gasteiger partial charge in [-0.05, 0) is 36.6 Å². The second-order valence-electron chi connectivity index (χ2n) is 8.41. The van der Waals surface area contributed by atoms with Crippen LogP contribution in [0.15, 0.2) is 48.5 Å². The highest BCUT2D eigenvalue weighted by Crippen LogP contribution is 2.30. The van der Waals surface area contributed by atoms with Crippen molar-refractivity contribution >= 4 is 23.6 Å². The zero-order valence-corrected chi connectivity index (χ0v) is 17.5. The van der Waals surface area contributed by atoms with E-state index in [1.54, 1.807) is 12.1 Å². The number of hydrogen-bond donors (Lipinski definition) is 3. The van der Waals surface area contributed by atoms with Crippen LogP contribution >= 0.6 is 0 Å². The van der Waals surface area contributed by atoms with Gasteiger partial charge in [-0.25, -0.2) is 0 Å². The summed E-state index contributed by atoms with van der Waals surface area (Å²) in [4.78, 5) is 51.0. The molecular formula is C24H24N4O4. The number of nitrogens with zero attached hydrogens (tertiary/aromatic N) is 1. The highest BCUT2D eigenvalue weighted by molar-refractivity contribution is 6.24. The first kappa shape index (κ1) is 20.5. The second kappa shape index (κ2) is 8.29. The summed E-state index contributed by atoms with van der Waals surface area (Å²) in [5.41, 5.74) is 2.59. The molecule has 0 bridgehead atoms. The van der Waals surface area contributed by atoms with Crippen molar-refractivity contribution in [1.29, 1.82) is 0 Å². The van der Waals surface area contributed by atoms with Gasteiger partial charge in [-0.1, -0.05) is 42.5 Å². The summed E-state index contributed by atoms with van der Waals surface area (Å²) in [7, 11) is 0. The van der Waals surface area contributed by atoms with Gasteiger partial charge in [0.1, 0.15) is 6.04 Å². The Morgan fingerprint density at radius 1 is 0.938 bits per heavy atom. The van der Waals surface area contributed by atoms with Crippen molar-refractivity contribution < 1.29 is 19.2 Å². The minimum absolute atomic E-state index is 0.105. The maximum Gasteiger partial charge on any atom is 0.262 e. The second-order valence-corrected chi connectivity index (χ2v) is 8.41. The molecule has 2 saturated heterocycles. The highest BCUT2D eigenvalue weighted by atomic mass is 16.2. The smallest absolute Gasteiger partial charge is 0.262 e. The topological polar surface area (TPSA) is 108 Å². The Morgan fingerprint density at radius 3 is 2.53 bits per heavy atom. The minimum Gasteiger partial charge on any atom is -0.309 e.